The van der Waals surface area contributed by atoms with Crippen molar-refractivity contribution in [2.75, 3.05) is 13.7 Å². The topological polar surface area (TPSA) is 40.5 Å². The van der Waals surface area contributed by atoms with Crippen LogP contribution < -0.4 is 0 Å². The SMILES string of the molecule is CN(Cc1ccccc1C#CCO)C(=O)c1cccs1. The molecule has 2 aromatic rings. The van der Waals surface area contributed by atoms with Gasteiger partial charge < -0.3 is 10.0 Å². The number of thiophene rings is 1. The van der Waals surface area contributed by atoms with E-state index in [1.807, 2.05) is 41.8 Å². The molecule has 0 bridgehead atoms. The molecular weight excluding hydrogens is 270 g/mol. The Labute approximate surface area is 122 Å². The number of aliphatic hydroxyl groups is 1. The Morgan fingerprint density at radius 1 is 1.30 bits per heavy atom. The molecule has 0 spiro atoms. The van der Waals surface area contributed by atoms with Crippen LogP contribution in [0.4, 0.5) is 0 Å². The average molecular weight is 285 g/mol. The minimum Gasteiger partial charge on any atom is -0.384 e. The van der Waals surface area contributed by atoms with Gasteiger partial charge in [-0.15, -0.1) is 11.3 Å². The Balaban J connectivity index is 2.15. The van der Waals surface area contributed by atoms with Gasteiger partial charge in [0.25, 0.3) is 5.91 Å². The molecule has 0 aliphatic carbocycles. The quantitative estimate of drug-likeness (QED) is 0.880. The molecule has 1 amide bonds. The van der Waals surface area contributed by atoms with Crippen molar-refractivity contribution in [3.05, 3.63) is 57.8 Å². The van der Waals surface area contributed by atoms with Gasteiger partial charge in [0.15, 0.2) is 0 Å². The lowest BCUT2D eigenvalue weighted by Crippen LogP contribution is -2.25. The van der Waals surface area contributed by atoms with Gasteiger partial charge in [0.2, 0.25) is 0 Å². The highest BCUT2D eigenvalue weighted by molar-refractivity contribution is 7.12. The molecule has 0 saturated carbocycles. The summed E-state index contributed by atoms with van der Waals surface area (Å²) in [6.07, 6.45) is 0. The van der Waals surface area contributed by atoms with Crippen LogP contribution in [0.1, 0.15) is 20.8 Å². The number of carbonyl (C=O) groups is 1. The number of nitrogens with zero attached hydrogens (tertiary/aromatic N) is 1. The van der Waals surface area contributed by atoms with Gasteiger partial charge >= 0.3 is 0 Å². The summed E-state index contributed by atoms with van der Waals surface area (Å²) >= 11 is 1.44. The van der Waals surface area contributed by atoms with Gasteiger partial charge in [0.05, 0.1) is 4.88 Å². The second-order valence-electron chi connectivity index (χ2n) is 4.26. The first-order valence-electron chi connectivity index (χ1n) is 6.19. The average Bonchev–Trinajstić information content (AvgIpc) is 2.99. The molecule has 1 N–H and O–H groups in total. The molecule has 102 valence electrons. The third-order valence-electron chi connectivity index (χ3n) is 2.81. The number of rotatable bonds is 3. The third kappa shape index (κ3) is 3.47. The maximum Gasteiger partial charge on any atom is 0.263 e. The molecule has 0 atom stereocenters. The van der Waals surface area contributed by atoms with E-state index in [1.54, 1.807) is 11.9 Å². The summed E-state index contributed by atoms with van der Waals surface area (Å²) in [5, 5.41) is 10.7. The van der Waals surface area contributed by atoms with Crippen molar-refractivity contribution in [2.24, 2.45) is 0 Å². The summed E-state index contributed by atoms with van der Waals surface area (Å²) in [6, 6.07) is 11.3. The highest BCUT2D eigenvalue weighted by Gasteiger charge is 2.13. The number of benzene rings is 1. The molecule has 1 aromatic heterocycles. The van der Waals surface area contributed by atoms with Gasteiger partial charge in [0.1, 0.15) is 6.61 Å². The van der Waals surface area contributed by atoms with Crippen LogP contribution in [0, 0.1) is 11.8 Å². The molecule has 4 heteroatoms. The molecule has 3 nitrogen and oxygen atoms in total. The van der Waals surface area contributed by atoms with Crippen LogP contribution in [-0.4, -0.2) is 29.6 Å². The summed E-state index contributed by atoms with van der Waals surface area (Å²) in [6.45, 7) is 0.325. The standard InChI is InChI=1S/C16H15NO2S/c1-17(16(19)15-9-5-11-20-15)12-14-7-3-2-6-13(14)8-4-10-18/h2-3,5-7,9,11,18H,10,12H2,1H3. The summed E-state index contributed by atoms with van der Waals surface area (Å²) in [7, 11) is 1.78. The van der Waals surface area contributed by atoms with Crippen LogP contribution >= 0.6 is 11.3 Å². The number of hydrogen-bond acceptors (Lipinski definition) is 3. The molecule has 1 heterocycles. The van der Waals surface area contributed by atoms with Crippen molar-refractivity contribution in [2.45, 2.75) is 6.54 Å². The molecule has 20 heavy (non-hydrogen) atoms. The van der Waals surface area contributed by atoms with E-state index in [0.717, 1.165) is 16.0 Å². The fraction of sp³-hybridized carbons (Fsp3) is 0.188. The lowest BCUT2D eigenvalue weighted by molar-refractivity contribution is 0.0790. The highest BCUT2D eigenvalue weighted by Crippen LogP contribution is 2.15. The van der Waals surface area contributed by atoms with Crippen molar-refractivity contribution in [1.29, 1.82) is 0 Å². The Hall–Kier alpha value is -2.09. The van der Waals surface area contributed by atoms with E-state index in [1.165, 1.54) is 11.3 Å². The zero-order chi connectivity index (χ0) is 14.4. The van der Waals surface area contributed by atoms with E-state index in [9.17, 15) is 4.79 Å². The monoisotopic (exact) mass is 285 g/mol. The van der Waals surface area contributed by atoms with Gasteiger partial charge in [-0.05, 0) is 23.1 Å². The van der Waals surface area contributed by atoms with Crippen LogP contribution in [0.2, 0.25) is 0 Å². The van der Waals surface area contributed by atoms with Crippen molar-refractivity contribution in [3.63, 3.8) is 0 Å². The van der Waals surface area contributed by atoms with Crippen molar-refractivity contribution >= 4 is 17.2 Å². The van der Waals surface area contributed by atoms with Crippen LogP contribution in [-0.2, 0) is 6.54 Å². The smallest absolute Gasteiger partial charge is 0.263 e. The zero-order valence-corrected chi connectivity index (χ0v) is 12.0. The highest BCUT2D eigenvalue weighted by atomic mass is 32.1. The molecule has 0 radical (unpaired) electrons. The minimum absolute atomic E-state index is 0.00456. The molecule has 2 rings (SSSR count). The predicted molar refractivity (Wildman–Crippen MR) is 80.5 cm³/mol. The van der Waals surface area contributed by atoms with Crippen LogP contribution in [0.3, 0.4) is 0 Å². The van der Waals surface area contributed by atoms with E-state index in [4.69, 9.17) is 5.11 Å². The molecule has 0 saturated heterocycles. The number of carbonyl (C=O) groups excluding carboxylic acids is 1. The van der Waals surface area contributed by atoms with Crippen molar-refractivity contribution in [1.82, 2.24) is 4.90 Å². The maximum atomic E-state index is 12.2. The van der Waals surface area contributed by atoms with Crippen LogP contribution in [0.25, 0.3) is 0 Å². The molecule has 0 aliphatic heterocycles. The van der Waals surface area contributed by atoms with Crippen molar-refractivity contribution < 1.29 is 9.90 Å². The first kappa shape index (κ1) is 14.3. The van der Waals surface area contributed by atoms with E-state index >= 15 is 0 Å². The third-order valence-corrected chi connectivity index (χ3v) is 3.66. The first-order valence-corrected chi connectivity index (χ1v) is 7.07. The fourth-order valence-corrected chi connectivity index (χ4v) is 2.55. The normalized spacial score (nSPS) is 9.70. The van der Waals surface area contributed by atoms with Gasteiger partial charge in [0, 0.05) is 19.2 Å². The summed E-state index contributed by atoms with van der Waals surface area (Å²) in [5.41, 5.74) is 1.81. The van der Waals surface area contributed by atoms with Crippen LogP contribution in [0.15, 0.2) is 41.8 Å². The van der Waals surface area contributed by atoms with Gasteiger partial charge in [-0.2, -0.15) is 0 Å². The lowest BCUT2D eigenvalue weighted by atomic mass is 10.1. The van der Waals surface area contributed by atoms with Crippen LogP contribution in [0.5, 0.6) is 0 Å². The van der Waals surface area contributed by atoms with Gasteiger partial charge in [-0.25, -0.2) is 0 Å². The summed E-state index contributed by atoms with van der Waals surface area (Å²) in [5.74, 6) is 5.55. The number of aliphatic hydroxyl groups excluding tert-OH is 1. The Morgan fingerprint density at radius 2 is 2.10 bits per heavy atom. The van der Waals surface area contributed by atoms with E-state index in [2.05, 4.69) is 11.8 Å². The first-order chi connectivity index (χ1) is 9.72. The Morgan fingerprint density at radius 3 is 2.80 bits per heavy atom. The lowest BCUT2D eigenvalue weighted by Gasteiger charge is -2.17. The zero-order valence-electron chi connectivity index (χ0n) is 11.2. The van der Waals surface area contributed by atoms with Gasteiger partial charge in [-0.3, -0.25) is 4.79 Å². The Kier molecular flexibility index (Phi) is 4.94. The minimum atomic E-state index is -0.168. The van der Waals surface area contributed by atoms with E-state index < -0.39 is 0 Å². The largest absolute Gasteiger partial charge is 0.384 e. The number of hydrogen-bond donors (Lipinski definition) is 1. The molecule has 0 unspecified atom stereocenters. The molecule has 0 aliphatic rings. The second-order valence-corrected chi connectivity index (χ2v) is 5.20. The fourth-order valence-electron chi connectivity index (χ4n) is 1.83. The van der Waals surface area contributed by atoms with Crippen molar-refractivity contribution in [3.8, 4) is 11.8 Å². The summed E-state index contributed by atoms with van der Waals surface area (Å²) < 4.78 is 0. The predicted octanol–water partition coefficient (Wildman–Crippen LogP) is 2.36. The Bertz CT molecular complexity index is 638. The maximum absolute atomic E-state index is 12.2. The molecule has 1 aromatic carbocycles. The summed E-state index contributed by atoms with van der Waals surface area (Å²) in [4.78, 5) is 14.6. The molecular formula is C16H15NO2S. The second kappa shape index (κ2) is 6.90. The number of amides is 1. The van der Waals surface area contributed by atoms with E-state index in [0.29, 0.717) is 6.54 Å². The molecule has 0 fully saturated rings. The van der Waals surface area contributed by atoms with Gasteiger partial charge in [-0.1, -0.05) is 36.1 Å². The van der Waals surface area contributed by atoms with E-state index in [-0.39, 0.29) is 12.5 Å².